The van der Waals surface area contributed by atoms with Gasteiger partial charge in [-0.1, -0.05) is 70.1 Å². The first-order valence-corrected chi connectivity index (χ1v) is 20.7. The van der Waals surface area contributed by atoms with Gasteiger partial charge in [0, 0.05) is 51.5 Å². The summed E-state index contributed by atoms with van der Waals surface area (Å²) in [5.74, 6) is -0.266. The fourth-order valence-corrected chi connectivity index (χ4v) is 9.85. The van der Waals surface area contributed by atoms with E-state index in [0.29, 0.717) is 20.3 Å². The molecule has 292 valence electrons. The molecular weight excluding hydrogens is 816 g/mol. The van der Waals surface area contributed by atoms with Crippen LogP contribution in [-0.4, -0.2) is 60.4 Å². The van der Waals surface area contributed by atoms with Crippen molar-refractivity contribution in [3.05, 3.63) is 106 Å². The number of para-hydroxylation sites is 2. The smallest absolute Gasteiger partial charge is 0.223 e. The molecule has 0 saturated heterocycles. The minimum atomic E-state index is -0.134. The number of carbonyl (C=O) groups excluding carboxylic acids is 2. The number of thiazole rings is 2. The third kappa shape index (κ3) is 6.91. The molecule has 0 fully saturated rings. The van der Waals surface area contributed by atoms with Crippen LogP contribution in [0.25, 0.3) is 55.3 Å². The molecule has 2 aliphatic rings. The summed E-state index contributed by atoms with van der Waals surface area (Å²) in [7, 11) is 3.88. The van der Waals surface area contributed by atoms with Gasteiger partial charge in [-0.2, -0.15) is 10.2 Å². The molecule has 0 spiro atoms. The van der Waals surface area contributed by atoms with Gasteiger partial charge in [-0.25, -0.2) is 29.3 Å². The Morgan fingerprint density at radius 3 is 1.66 bits per heavy atom. The Kier molecular flexibility index (Phi) is 9.79. The van der Waals surface area contributed by atoms with Crippen LogP contribution in [-0.2, 0) is 49.4 Å². The standard InChI is InChI=1S/2C20H17ClN6OS/c1-11(28)23-20-24-14-8-7-12-17(19(14)29-20)25-27(16-6-4-3-5-13(16)21)18(12)15-9-26(2)10-22-15;1-11(28)23-20-24-14-8-7-12-17(15-9-26(2)10-22-15)25-27(18(12)19(14)29-20)16-6-4-3-5-13(16)21/h2*3-6,9-10H,7-8H2,1-2H3,(H,23,24,28). The molecule has 2 N–H and O–H groups in total. The number of anilines is 2. The van der Waals surface area contributed by atoms with Crippen LogP contribution in [0.4, 0.5) is 10.3 Å². The number of imidazole rings is 2. The molecule has 0 aliphatic heterocycles. The molecule has 0 saturated carbocycles. The first kappa shape index (κ1) is 37.6. The van der Waals surface area contributed by atoms with E-state index >= 15 is 0 Å². The Balaban J connectivity index is 0.000000150. The van der Waals surface area contributed by atoms with Crippen molar-refractivity contribution < 1.29 is 9.59 Å². The van der Waals surface area contributed by atoms with Crippen molar-refractivity contribution in [2.24, 2.45) is 14.1 Å². The molecule has 0 atom stereocenters. The number of carbonyl (C=O) groups is 2. The number of amides is 2. The molecule has 0 bridgehead atoms. The highest BCUT2D eigenvalue weighted by Crippen LogP contribution is 2.46. The van der Waals surface area contributed by atoms with Gasteiger partial charge in [-0.05, 0) is 49.9 Å². The highest BCUT2D eigenvalue weighted by Gasteiger charge is 2.32. The van der Waals surface area contributed by atoms with Gasteiger partial charge in [0.25, 0.3) is 0 Å². The van der Waals surface area contributed by atoms with E-state index in [9.17, 15) is 9.59 Å². The van der Waals surface area contributed by atoms with Crippen LogP contribution < -0.4 is 10.6 Å². The van der Waals surface area contributed by atoms with Crippen LogP contribution in [0.5, 0.6) is 0 Å². The van der Waals surface area contributed by atoms with Gasteiger partial charge in [0.05, 0.1) is 66.6 Å². The third-order valence-corrected chi connectivity index (χ3v) is 12.3. The van der Waals surface area contributed by atoms with Gasteiger partial charge in [0.15, 0.2) is 10.3 Å². The summed E-state index contributed by atoms with van der Waals surface area (Å²) in [6.45, 7) is 2.97. The van der Waals surface area contributed by atoms with E-state index in [-0.39, 0.29) is 11.8 Å². The minimum Gasteiger partial charge on any atom is -0.340 e. The van der Waals surface area contributed by atoms with Crippen molar-refractivity contribution in [3.63, 3.8) is 0 Å². The van der Waals surface area contributed by atoms with Crippen molar-refractivity contribution >= 4 is 68.0 Å². The minimum absolute atomic E-state index is 0.132. The summed E-state index contributed by atoms with van der Waals surface area (Å²) in [5.41, 5.74) is 11.1. The second-order valence-corrected chi connectivity index (χ2v) is 16.7. The number of rotatable bonds is 6. The van der Waals surface area contributed by atoms with Crippen molar-refractivity contribution in [2.75, 3.05) is 10.6 Å². The molecule has 14 nitrogen and oxygen atoms in total. The number of aromatic nitrogens is 10. The Morgan fingerprint density at radius 2 is 1.12 bits per heavy atom. The zero-order chi connectivity index (χ0) is 40.2. The maximum absolute atomic E-state index is 11.5. The lowest BCUT2D eigenvalue weighted by Gasteiger charge is -2.14. The average molecular weight is 850 g/mol. The van der Waals surface area contributed by atoms with Crippen molar-refractivity contribution in [2.45, 2.75) is 39.5 Å². The van der Waals surface area contributed by atoms with Gasteiger partial charge in [-0.15, -0.1) is 0 Å². The van der Waals surface area contributed by atoms with Gasteiger partial charge >= 0.3 is 0 Å². The highest BCUT2D eigenvalue weighted by molar-refractivity contribution is 7.19. The number of aryl methyl sites for hydroxylation is 4. The summed E-state index contributed by atoms with van der Waals surface area (Å²) in [6, 6.07) is 15.3. The van der Waals surface area contributed by atoms with Crippen LogP contribution in [0, 0.1) is 0 Å². The van der Waals surface area contributed by atoms with Crippen LogP contribution in [0.2, 0.25) is 10.0 Å². The molecule has 2 aromatic carbocycles. The van der Waals surface area contributed by atoms with E-state index in [1.54, 1.807) is 12.7 Å². The molecule has 0 radical (unpaired) electrons. The zero-order valence-electron chi connectivity index (χ0n) is 31.6. The average Bonchev–Trinajstić information content (AvgIpc) is 4.04. The molecule has 58 heavy (non-hydrogen) atoms. The Hall–Kier alpha value is -5.94. The molecule has 0 unspecified atom stereocenters. The predicted molar refractivity (Wildman–Crippen MR) is 227 cm³/mol. The van der Waals surface area contributed by atoms with Crippen LogP contribution in [0.15, 0.2) is 73.6 Å². The molecule has 8 aromatic rings. The summed E-state index contributed by atoms with van der Waals surface area (Å²) in [4.78, 5) is 43.2. The van der Waals surface area contributed by atoms with E-state index in [2.05, 4.69) is 30.6 Å². The lowest BCUT2D eigenvalue weighted by atomic mass is 9.96. The normalized spacial score (nSPS) is 12.5. The van der Waals surface area contributed by atoms with Gasteiger partial charge < -0.3 is 19.8 Å². The van der Waals surface area contributed by atoms with E-state index < -0.39 is 0 Å². The first-order valence-electron chi connectivity index (χ1n) is 18.3. The number of nitrogens with one attached hydrogen (secondary N) is 2. The molecular formula is C40H34Cl2N12O2S2. The SMILES string of the molecule is CC(=O)Nc1nc2c(s1)-c1c(c(-c3cn(C)cn3)nn1-c1ccccc1Cl)CC2.CC(=O)Nc1nc2c(s1)-c1nn(-c3ccccc3Cl)c(-c3cn(C)cn3)c1CC2. The first-order chi connectivity index (χ1) is 28.0. The highest BCUT2D eigenvalue weighted by atomic mass is 35.5. The van der Waals surface area contributed by atoms with E-state index in [1.165, 1.54) is 36.5 Å². The molecule has 18 heteroatoms. The molecule has 2 aliphatic carbocycles. The second-order valence-electron chi connectivity index (χ2n) is 13.9. The maximum Gasteiger partial charge on any atom is 0.223 e. The van der Waals surface area contributed by atoms with Gasteiger partial charge in [-0.3, -0.25) is 9.59 Å². The Bertz CT molecular complexity index is 2890. The summed E-state index contributed by atoms with van der Waals surface area (Å²) in [5, 5.41) is 17.9. The molecule has 6 aromatic heterocycles. The molecule has 2 amide bonds. The fourth-order valence-electron chi connectivity index (χ4n) is 7.23. The monoisotopic (exact) mass is 848 g/mol. The van der Waals surface area contributed by atoms with Crippen molar-refractivity contribution in [1.29, 1.82) is 0 Å². The number of fused-ring (bicyclic) bond motifs is 6. The van der Waals surface area contributed by atoms with Gasteiger partial charge in [0.1, 0.15) is 22.8 Å². The fraction of sp³-hybridized carbons (Fsp3) is 0.200. The van der Waals surface area contributed by atoms with Crippen molar-refractivity contribution in [3.8, 4) is 55.3 Å². The van der Waals surface area contributed by atoms with E-state index in [1.807, 2.05) is 93.5 Å². The Labute approximate surface area is 350 Å². The van der Waals surface area contributed by atoms with Crippen LogP contribution in [0.3, 0.4) is 0 Å². The third-order valence-electron chi connectivity index (χ3n) is 9.64. The quantitative estimate of drug-likeness (QED) is 0.170. The largest absolute Gasteiger partial charge is 0.340 e. The van der Waals surface area contributed by atoms with Gasteiger partial charge in [0.2, 0.25) is 11.8 Å². The van der Waals surface area contributed by atoms with E-state index in [4.69, 9.17) is 33.4 Å². The lowest BCUT2D eigenvalue weighted by molar-refractivity contribution is -0.115. The van der Waals surface area contributed by atoms with Crippen LogP contribution in [0.1, 0.15) is 36.4 Å². The number of hydrogen-bond donors (Lipinski definition) is 2. The van der Waals surface area contributed by atoms with E-state index in [0.717, 1.165) is 103 Å². The number of hydrogen-bond acceptors (Lipinski definition) is 10. The predicted octanol–water partition coefficient (Wildman–Crippen LogP) is 8.21. The summed E-state index contributed by atoms with van der Waals surface area (Å²) in [6.07, 6.45) is 10.6. The number of halogens is 2. The molecule has 6 heterocycles. The summed E-state index contributed by atoms with van der Waals surface area (Å²) < 4.78 is 7.59. The lowest BCUT2D eigenvalue weighted by Crippen LogP contribution is -2.07. The molecule has 10 rings (SSSR count). The zero-order valence-corrected chi connectivity index (χ0v) is 34.8. The summed E-state index contributed by atoms with van der Waals surface area (Å²) >= 11 is 15.9. The topological polar surface area (TPSA) is 155 Å². The van der Waals surface area contributed by atoms with Crippen molar-refractivity contribution in [1.82, 2.24) is 48.6 Å². The maximum atomic E-state index is 11.5. The van der Waals surface area contributed by atoms with Crippen LogP contribution >= 0.6 is 45.9 Å². The Morgan fingerprint density at radius 1 is 0.638 bits per heavy atom. The number of benzene rings is 2. The number of nitrogens with zero attached hydrogens (tertiary/aromatic N) is 10. The second kappa shape index (κ2) is 15.1.